The summed E-state index contributed by atoms with van der Waals surface area (Å²) in [5.41, 5.74) is 1.55. The summed E-state index contributed by atoms with van der Waals surface area (Å²) in [5.74, 6) is -1.94. The van der Waals surface area contributed by atoms with Gasteiger partial charge in [0.15, 0.2) is 11.6 Å². The van der Waals surface area contributed by atoms with E-state index in [0.717, 1.165) is 21.5 Å². The van der Waals surface area contributed by atoms with Gasteiger partial charge in [-0.3, -0.25) is 4.79 Å². The lowest BCUT2D eigenvalue weighted by Gasteiger charge is -2.16. The van der Waals surface area contributed by atoms with Crippen LogP contribution in [0.5, 0.6) is 0 Å². The second-order valence-corrected chi connectivity index (χ2v) is 6.85. The molecule has 0 aliphatic heterocycles. The van der Waals surface area contributed by atoms with Crippen LogP contribution in [0.1, 0.15) is 20.8 Å². The zero-order chi connectivity index (χ0) is 14.9. The van der Waals surface area contributed by atoms with Crippen molar-refractivity contribution < 1.29 is 13.6 Å². The molecule has 6 heteroatoms. The molecule has 0 aliphatic rings. The SMILES string of the molecule is Cc1cc(C(=O)N(C)Cc2ccc(F)c(F)c2)sc1Br. The minimum absolute atomic E-state index is 0.145. The Labute approximate surface area is 128 Å². The average molecular weight is 360 g/mol. The average Bonchev–Trinajstić information content (AvgIpc) is 2.73. The lowest BCUT2D eigenvalue weighted by atomic mass is 10.2. The van der Waals surface area contributed by atoms with Crippen molar-refractivity contribution in [3.63, 3.8) is 0 Å². The Hall–Kier alpha value is -1.27. The van der Waals surface area contributed by atoms with Crippen molar-refractivity contribution in [3.05, 3.63) is 55.7 Å². The molecule has 20 heavy (non-hydrogen) atoms. The molecule has 1 heterocycles. The van der Waals surface area contributed by atoms with E-state index in [1.165, 1.54) is 22.3 Å². The molecule has 0 saturated carbocycles. The van der Waals surface area contributed by atoms with Crippen LogP contribution in [0, 0.1) is 18.6 Å². The molecule has 0 fully saturated rings. The first kappa shape index (κ1) is 15.1. The van der Waals surface area contributed by atoms with Gasteiger partial charge in [0.1, 0.15) is 0 Å². The van der Waals surface area contributed by atoms with E-state index in [1.807, 2.05) is 6.92 Å². The Morgan fingerprint density at radius 3 is 2.55 bits per heavy atom. The third kappa shape index (κ3) is 3.24. The zero-order valence-corrected chi connectivity index (χ0v) is 13.3. The van der Waals surface area contributed by atoms with Gasteiger partial charge in [0, 0.05) is 13.6 Å². The number of thiophene rings is 1. The summed E-state index contributed by atoms with van der Waals surface area (Å²) < 4.78 is 26.9. The number of rotatable bonds is 3. The molecule has 1 aromatic heterocycles. The highest BCUT2D eigenvalue weighted by atomic mass is 79.9. The molecule has 2 rings (SSSR count). The van der Waals surface area contributed by atoms with Crippen LogP contribution in [0.4, 0.5) is 8.78 Å². The minimum Gasteiger partial charge on any atom is -0.337 e. The maximum Gasteiger partial charge on any atom is 0.264 e. The summed E-state index contributed by atoms with van der Waals surface area (Å²) in [6.45, 7) is 2.14. The minimum atomic E-state index is -0.905. The molecule has 0 N–H and O–H groups in total. The van der Waals surface area contributed by atoms with Gasteiger partial charge in [0.05, 0.1) is 8.66 Å². The maximum atomic E-state index is 13.1. The van der Waals surface area contributed by atoms with Crippen LogP contribution in [0.3, 0.4) is 0 Å². The summed E-state index contributed by atoms with van der Waals surface area (Å²) in [7, 11) is 1.63. The highest BCUT2D eigenvalue weighted by Crippen LogP contribution is 2.28. The molecule has 106 valence electrons. The van der Waals surface area contributed by atoms with Crippen molar-refractivity contribution in [1.29, 1.82) is 0 Å². The van der Waals surface area contributed by atoms with Crippen LogP contribution in [-0.4, -0.2) is 17.9 Å². The van der Waals surface area contributed by atoms with Gasteiger partial charge in [-0.1, -0.05) is 6.07 Å². The summed E-state index contributed by atoms with van der Waals surface area (Å²) in [6, 6.07) is 5.44. The van der Waals surface area contributed by atoms with Crippen molar-refractivity contribution in [2.24, 2.45) is 0 Å². The summed E-state index contributed by atoms with van der Waals surface area (Å²) in [6.07, 6.45) is 0. The van der Waals surface area contributed by atoms with Crippen LogP contribution in [0.15, 0.2) is 28.1 Å². The highest BCUT2D eigenvalue weighted by Gasteiger charge is 2.16. The third-order valence-corrected chi connectivity index (χ3v) is 4.94. The van der Waals surface area contributed by atoms with E-state index in [0.29, 0.717) is 10.4 Å². The smallest absolute Gasteiger partial charge is 0.264 e. The number of aryl methyl sites for hydroxylation is 1. The van der Waals surface area contributed by atoms with Gasteiger partial charge in [0.2, 0.25) is 0 Å². The monoisotopic (exact) mass is 359 g/mol. The van der Waals surface area contributed by atoms with Crippen molar-refractivity contribution >= 4 is 33.2 Å². The van der Waals surface area contributed by atoms with Crippen LogP contribution in [0.2, 0.25) is 0 Å². The molecule has 0 atom stereocenters. The fourth-order valence-electron chi connectivity index (χ4n) is 1.74. The molecular weight excluding hydrogens is 348 g/mol. The van der Waals surface area contributed by atoms with Crippen molar-refractivity contribution in [3.8, 4) is 0 Å². The first-order valence-electron chi connectivity index (χ1n) is 5.84. The zero-order valence-electron chi connectivity index (χ0n) is 10.9. The van der Waals surface area contributed by atoms with E-state index < -0.39 is 11.6 Å². The first-order valence-corrected chi connectivity index (χ1v) is 7.44. The molecule has 0 unspecified atom stereocenters. The number of halogens is 3. The standard InChI is InChI=1S/C14H12BrF2NOS/c1-8-5-12(20-13(8)15)14(19)18(2)7-9-3-4-10(16)11(17)6-9/h3-6H,7H2,1-2H3. The van der Waals surface area contributed by atoms with Gasteiger partial charge in [-0.25, -0.2) is 8.78 Å². The molecule has 0 bridgehead atoms. The molecular formula is C14H12BrF2NOS. The largest absolute Gasteiger partial charge is 0.337 e. The van der Waals surface area contributed by atoms with Crippen molar-refractivity contribution in [1.82, 2.24) is 4.90 Å². The van der Waals surface area contributed by atoms with Crippen LogP contribution < -0.4 is 0 Å². The Kier molecular flexibility index (Phi) is 4.55. The molecule has 0 radical (unpaired) electrons. The number of nitrogens with zero attached hydrogens (tertiary/aromatic N) is 1. The van der Waals surface area contributed by atoms with Gasteiger partial charge in [0.25, 0.3) is 5.91 Å². The second kappa shape index (κ2) is 6.01. The van der Waals surface area contributed by atoms with Gasteiger partial charge in [-0.05, 0) is 52.2 Å². The Balaban J connectivity index is 2.13. The normalized spacial score (nSPS) is 10.7. The van der Waals surface area contributed by atoms with Crippen molar-refractivity contribution in [2.45, 2.75) is 13.5 Å². The molecule has 0 spiro atoms. The molecule has 2 aromatic rings. The van der Waals surface area contributed by atoms with Gasteiger partial charge in [-0.2, -0.15) is 0 Å². The Morgan fingerprint density at radius 1 is 1.30 bits per heavy atom. The van der Waals surface area contributed by atoms with Crippen LogP contribution in [0.25, 0.3) is 0 Å². The lowest BCUT2D eigenvalue weighted by Crippen LogP contribution is -2.25. The highest BCUT2D eigenvalue weighted by molar-refractivity contribution is 9.11. The van der Waals surface area contributed by atoms with Gasteiger partial charge in [-0.15, -0.1) is 11.3 Å². The number of carbonyl (C=O) groups excluding carboxylic acids is 1. The third-order valence-electron chi connectivity index (χ3n) is 2.82. The fraction of sp³-hybridized carbons (Fsp3) is 0.214. The van der Waals surface area contributed by atoms with Crippen LogP contribution in [-0.2, 0) is 6.54 Å². The first-order chi connectivity index (χ1) is 9.38. The number of amides is 1. The molecule has 2 nitrogen and oxygen atoms in total. The number of carbonyl (C=O) groups is 1. The van der Waals surface area contributed by atoms with E-state index >= 15 is 0 Å². The number of hydrogen-bond donors (Lipinski definition) is 0. The Morgan fingerprint density at radius 2 is 2.00 bits per heavy atom. The van der Waals surface area contributed by atoms with E-state index in [9.17, 15) is 13.6 Å². The predicted octanol–water partition coefficient (Wildman–Crippen LogP) is 4.37. The van der Waals surface area contributed by atoms with Gasteiger partial charge >= 0.3 is 0 Å². The lowest BCUT2D eigenvalue weighted by molar-refractivity contribution is 0.0789. The van der Waals surface area contributed by atoms with Crippen molar-refractivity contribution in [2.75, 3.05) is 7.05 Å². The van der Waals surface area contributed by atoms with E-state index in [1.54, 1.807) is 13.1 Å². The number of hydrogen-bond acceptors (Lipinski definition) is 2. The molecule has 0 saturated heterocycles. The molecule has 1 amide bonds. The summed E-state index contributed by atoms with van der Waals surface area (Å²) in [5, 5.41) is 0. The molecule has 0 aliphatic carbocycles. The van der Waals surface area contributed by atoms with Gasteiger partial charge < -0.3 is 4.90 Å². The Bertz CT molecular complexity index is 637. The maximum absolute atomic E-state index is 13.1. The summed E-state index contributed by atoms with van der Waals surface area (Å²) in [4.78, 5) is 14.3. The van der Waals surface area contributed by atoms with E-state index in [-0.39, 0.29) is 12.5 Å². The second-order valence-electron chi connectivity index (χ2n) is 4.48. The topological polar surface area (TPSA) is 20.3 Å². The number of benzene rings is 1. The van der Waals surface area contributed by atoms with E-state index in [4.69, 9.17) is 0 Å². The fourth-order valence-corrected chi connectivity index (χ4v) is 3.27. The van der Waals surface area contributed by atoms with Crippen LogP contribution >= 0.6 is 27.3 Å². The quantitative estimate of drug-likeness (QED) is 0.796. The molecule has 1 aromatic carbocycles. The predicted molar refractivity (Wildman–Crippen MR) is 78.9 cm³/mol. The summed E-state index contributed by atoms with van der Waals surface area (Å²) >= 11 is 4.73. The van der Waals surface area contributed by atoms with E-state index in [2.05, 4.69) is 15.9 Å².